The lowest BCUT2D eigenvalue weighted by Gasteiger charge is -2.08. The predicted octanol–water partition coefficient (Wildman–Crippen LogP) is 3.35. The fraction of sp³-hybridized carbons (Fsp3) is 0.176. The van der Waals surface area contributed by atoms with Crippen LogP contribution in [0.25, 0.3) is 0 Å². The van der Waals surface area contributed by atoms with Crippen molar-refractivity contribution in [3.8, 4) is 5.75 Å². The summed E-state index contributed by atoms with van der Waals surface area (Å²) in [5.74, 6) is -2.42. The Morgan fingerprint density at radius 2 is 1.92 bits per heavy atom. The van der Waals surface area contributed by atoms with Crippen molar-refractivity contribution >= 4 is 29.2 Å². The van der Waals surface area contributed by atoms with E-state index in [-0.39, 0.29) is 22.9 Å². The molecule has 0 heterocycles. The van der Waals surface area contributed by atoms with Gasteiger partial charge < -0.3 is 14.8 Å². The van der Waals surface area contributed by atoms with Crippen LogP contribution < -0.4 is 10.1 Å². The monoisotopic (exact) mass is 369 g/mol. The zero-order chi connectivity index (χ0) is 18.4. The van der Waals surface area contributed by atoms with Gasteiger partial charge in [-0.2, -0.15) is 0 Å². The van der Waals surface area contributed by atoms with E-state index in [0.29, 0.717) is 5.56 Å². The molecule has 0 aromatic heterocycles. The van der Waals surface area contributed by atoms with E-state index in [4.69, 9.17) is 21.1 Å². The molecule has 1 N–H and O–H groups in total. The summed E-state index contributed by atoms with van der Waals surface area (Å²) in [6, 6.07) is 7.52. The van der Waals surface area contributed by atoms with Crippen LogP contribution in [0.1, 0.15) is 5.56 Å². The molecule has 0 atom stereocenters. The van der Waals surface area contributed by atoms with Gasteiger partial charge in [0.25, 0.3) is 5.91 Å². The van der Waals surface area contributed by atoms with Gasteiger partial charge in [0.2, 0.25) is 0 Å². The molecule has 1 amide bonds. The largest absolute Gasteiger partial charge is 0.494 e. The Kier molecular flexibility index (Phi) is 6.30. The summed E-state index contributed by atoms with van der Waals surface area (Å²) in [5.41, 5.74) is 0.576. The van der Waals surface area contributed by atoms with Crippen LogP contribution in [0.5, 0.6) is 5.75 Å². The van der Waals surface area contributed by atoms with E-state index in [9.17, 15) is 18.4 Å². The van der Waals surface area contributed by atoms with Gasteiger partial charge in [0.1, 0.15) is 5.82 Å². The molecule has 0 aliphatic carbocycles. The third kappa shape index (κ3) is 5.42. The quantitative estimate of drug-likeness (QED) is 0.793. The molecular formula is C17H14ClF2NO4. The van der Waals surface area contributed by atoms with Gasteiger partial charge >= 0.3 is 5.97 Å². The molecule has 0 aliphatic rings. The zero-order valence-corrected chi connectivity index (χ0v) is 13.9. The summed E-state index contributed by atoms with van der Waals surface area (Å²) in [5, 5.41) is 2.41. The molecule has 2 aromatic carbocycles. The smallest absolute Gasteiger partial charge is 0.310 e. The number of hydrogen-bond acceptors (Lipinski definition) is 4. The number of esters is 1. The van der Waals surface area contributed by atoms with Crippen molar-refractivity contribution < 1.29 is 27.8 Å². The molecule has 0 spiro atoms. The highest BCUT2D eigenvalue weighted by molar-refractivity contribution is 6.33. The number of carbonyl (C=O) groups is 2. The van der Waals surface area contributed by atoms with Crippen LogP contribution in [0.3, 0.4) is 0 Å². The van der Waals surface area contributed by atoms with E-state index < -0.39 is 30.1 Å². The molecule has 132 valence electrons. The minimum atomic E-state index is -0.704. The van der Waals surface area contributed by atoms with Gasteiger partial charge in [-0.1, -0.05) is 17.7 Å². The molecule has 2 rings (SSSR count). The average Bonchev–Trinajstić information content (AvgIpc) is 2.56. The molecule has 0 unspecified atom stereocenters. The first-order valence-corrected chi connectivity index (χ1v) is 7.50. The number of benzene rings is 2. The van der Waals surface area contributed by atoms with E-state index >= 15 is 0 Å². The van der Waals surface area contributed by atoms with Gasteiger partial charge in [0.05, 0.1) is 24.2 Å². The minimum Gasteiger partial charge on any atom is -0.494 e. The third-order valence-corrected chi connectivity index (χ3v) is 3.45. The fourth-order valence-corrected chi connectivity index (χ4v) is 2.18. The summed E-state index contributed by atoms with van der Waals surface area (Å²) in [6.45, 7) is -0.550. The van der Waals surface area contributed by atoms with Crippen molar-refractivity contribution in [3.05, 3.63) is 58.6 Å². The summed E-state index contributed by atoms with van der Waals surface area (Å²) in [7, 11) is 1.33. The molecule has 0 fully saturated rings. The van der Waals surface area contributed by atoms with E-state index in [1.807, 2.05) is 0 Å². The van der Waals surface area contributed by atoms with Crippen LogP contribution >= 0.6 is 11.6 Å². The van der Waals surface area contributed by atoms with E-state index in [2.05, 4.69) is 5.32 Å². The lowest BCUT2D eigenvalue weighted by atomic mass is 10.1. The topological polar surface area (TPSA) is 64.6 Å². The molecule has 0 saturated carbocycles. The van der Waals surface area contributed by atoms with Crippen molar-refractivity contribution in [2.75, 3.05) is 19.0 Å². The highest BCUT2D eigenvalue weighted by Gasteiger charge is 2.12. The first-order chi connectivity index (χ1) is 11.9. The van der Waals surface area contributed by atoms with Crippen LogP contribution in [-0.4, -0.2) is 25.6 Å². The number of halogens is 3. The van der Waals surface area contributed by atoms with E-state index in [1.165, 1.54) is 25.3 Å². The highest BCUT2D eigenvalue weighted by atomic mass is 35.5. The molecule has 0 bridgehead atoms. The van der Waals surface area contributed by atoms with Gasteiger partial charge in [-0.05, 0) is 35.9 Å². The van der Waals surface area contributed by atoms with Gasteiger partial charge in [-0.3, -0.25) is 9.59 Å². The Morgan fingerprint density at radius 1 is 1.16 bits per heavy atom. The summed E-state index contributed by atoms with van der Waals surface area (Å²) >= 11 is 5.77. The highest BCUT2D eigenvalue weighted by Crippen LogP contribution is 2.22. The standard InChI is InChI=1S/C17H14ClF2NO4/c1-24-15-5-2-10(6-13(15)20)7-17(23)25-9-16(22)21-14-4-3-11(19)8-12(14)18/h2-6,8H,7,9H2,1H3,(H,21,22). The Labute approximate surface area is 147 Å². The molecule has 25 heavy (non-hydrogen) atoms. The van der Waals surface area contributed by atoms with Gasteiger partial charge in [-0.15, -0.1) is 0 Å². The Hall–Kier alpha value is -2.67. The lowest BCUT2D eigenvalue weighted by molar-refractivity contribution is -0.146. The summed E-state index contributed by atoms with van der Waals surface area (Å²) < 4.78 is 36.1. The molecule has 5 nitrogen and oxygen atoms in total. The second kappa shape index (κ2) is 8.43. The Bertz CT molecular complexity index is 798. The maximum absolute atomic E-state index is 13.5. The number of hydrogen-bond donors (Lipinski definition) is 1. The molecule has 0 aliphatic heterocycles. The van der Waals surface area contributed by atoms with Crippen LogP contribution in [0, 0.1) is 11.6 Å². The average molecular weight is 370 g/mol. The third-order valence-electron chi connectivity index (χ3n) is 3.13. The number of nitrogens with one attached hydrogen (secondary N) is 1. The molecule has 0 saturated heterocycles. The Balaban J connectivity index is 1.85. The van der Waals surface area contributed by atoms with Gasteiger partial charge in [0.15, 0.2) is 18.2 Å². The van der Waals surface area contributed by atoms with Crippen LogP contribution in [0.4, 0.5) is 14.5 Å². The number of carbonyl (C=O) groups excluding carboxylic acids is 2. The van der Waals surface area contributed by atoms with Crippen molar-refractivity contribution in [1.82, 2.24) is 0 Å². The second-order valence-electron chi connectivity index (χ2n) is 4.98. The Morgan fingerprint density at radius 3 is 2.56 bits per heavy atom. The maximum atomic E-state index is 13.5. The van der Waals surface area contributed by atoms with Crippen molar-refractivity contribution in [3.63, 3.8) is 0 Å². The van der Waals surface area contributed by atoms with Crippen LogP contribution in [-0.2, 0) is 20.7 Å². The van der Waals surface area contributed by atoms with Crippen LogP contribution in [0.15, 0.2) is 36.4 Å². The van der Waals surface area contributed by atoms with Crippen LogP contribution in [0.2, 0.25) is 5.02 Å². The van der Waals surface area contributed by atoms with E-state index in [0.717, 1.165) is 18.2 Å². The molecular weight excluding hydrogens is 356 g/mol. The minimum absolute atomic E-state index is 0.0217. The first kappa shape index (κ1) is 18.7. The van der Waals surface area contributed by atoms with Crippen molar-refractivity contribution in [2.24, 2.45) is 0 Å². The van der Waals surface area contributed by atoms with E-state index in [1.54, 1.807) is 0 Å². The number of amides is 1. The molecule has 2 aromatic rings. The fourth-order valence-electron chi connectivity index (χ4n) is 1.96. The summed E-state index contributed by atoms with van der Waals surface area (Å²) in [4.78, 5) is 23.4. The van der Waals surface area contributed by atoms with Crippen molar-refractivity contribution in [1.29, 1.82) is 0 Å². The van der Waals surface area contributed by atoms with Gasteiger partial charge in [-0.25, -0.2) is 8.78 Å². The van der Waals surface area contributed by atoms with Crippen molar-refractivity contribution in [2.45, 2.75) is 6.42 Å². The lowest BCUT2D eigenvalue weighted by Crippen LogP contribution is -2.21. The number of methoxy groups -OCH3 is 1. The summed E-state index contributed by atoms with van der Waals surface area (Å²) in [6.07, 6.45) is -0.203. The first-order valence-electron chi connectivity index (χ1n) is 7.12. The predicted molar refractivity (Wildman–Crippen MR) is 87.7 cm³/mol. The van der Waals surface area contributed by atoms with Gasteiger partial charge in [0, 0.05) is 0 Å². The normalized spacial score (nSPS) is 10.2. The second-order valence-corrected chi connectivity index (χ2v) is 5.39. The SMILES string of the molecule is COc1ccc(CC(=O)OCC(=O)Nc2ccc(F)cc2Cl)cc1F. The zero-order valence-electron chi connectivity index (χ0n) is 13.1. The number of anilines is 1. The molecule has 0 radical (unpaired) electrons. The maximum Gasteiger partial charge on any atom is 0.310 e. The molecule has 8 heteroatoms. The number of rotatable bonds is 6. The number of ether oxygens (including phenoxy) is 2.